The van der Waals surface area contributed by atoms with Gasteiger partial charge in [0.2, 0.25) is 0 Å². The van der Waals surface area contributed by atoms with Crippen molar-refractivity contribution < 1.29 is 19.7 Å². The second kappa shape index (κ2) is 5.42. The summed E-state index contributed by atoms with van der Waals surface area (Å²) >= 11 is 0. The number of hydrogen-bond donors (Lipinski definition) is 2. The molecule has 138 valence electrons. The van der Waals surface area contributed by atoms with E-state index in [0.717, 1.165) is 58.2 Å². The third-order valence-electron chi connectivity index (χ3n) is 8.67. The van der Waals surface area contributed by atoms with Crippen LogP contribution in [0.1, 0.15) is 65.7 Å². The van der Waals surface area contributed by atoms with Crippen LogP contribution in [0.4, 0.5) is 0 Å². The summed E-state index contributed by atoms with van der Waals surface area (Å²) in [5, 5.41) is 20.8. The predicted molar refractivity (Wildman–Crippen MR) is 91.6 cm³/mol. The van der Waals surface area contributed by atoms with Crippen LogP contribution < -0.4 is 0 Å². The molecule has 2 aliphatic carbocycles. The summed E-state index contributed by atoms with van der Waals surface area (Å²) in [6.45, 7) is 8.46. The standard InChI is InChI=1S/C20H34O4/c1-14-4-5-15-17(2,12-21)16(22)6-7-18(15,3)20(14)9-8-19(24-20)10-11-23-13-19/h14-16,21-22H,4-13H2,1-3H3/t14-,15-,16-,17+,18+,19-,20+/m1/s1. The average Bonchev–Trinajstić information content (AvgIpc) is 3.18. The van der Waals surface area contributed by atoms with Crippen molar-refractivity contribution in [1.82, 2.24) is 0 Å². The van der Waals surface area contributed by atoms with Gasteiger partial charge >= 0.3 is 0 Å². The van der Waals surface area contributed by atoms with E-state index in [-0.39, 0.29) is 23.2 Å². The topological polar surface area (TPSA) is 58.9 Å². The average molecular weight is 338 g/mol. The zero-order valence-corrected chi connectivity index (χ0v) is 15.5. The van der Waals surface area contributed by atoms with Crippen LogP contribution in [0.5, 0.6) is 0 Å². The minimum atomic E-state index is -0.411. The van der Waals surface area contributed by atoms with Gasteiger partial charge in [-0.15, -0.1) is 0 Å². The first-order valence-electron chi connectivity index (χ1n) is 9.89. The van der Waals surface area contributed by atoms with Gasteiger partial charge in [-0.3, -0.25) is 0 Å². The van der Waals surface area contributed by atoms with E-state index in [2.05, 4.69) is 20.8 Å². The highest BCUT2D eigenvalue weighted by atomic mass is 16.6. The Morgan fingerprint density at radius 3 is 2.50 bits per heavy atom. The van der Waals surface area contributed by atoms with Crippen LogP contribution >= 0.6 is 0 Å². The zero-order chi connectivity index (χ0) is 17.2. The molecule has 0 radical (unpaired) electrons. The monoisotopic (exact) mass is 338 g/mol. The van der Waals surface area contributed by atoms with Crippen LogP contribution in [-0.2, 0) is 9.47 Å². The molecule has 4 heteroatoms. The molecule has 2 saturated heterocycles. The van der Waals surface area contributed by atoms with Crippen molar-refractivity contribution in [3.8, 4) is 0 Å². The maximum atomic E-state index is 10.7. The van der Waals surface area contributed by atoms with Gasteiger partial charge in [0.25, 0.3) is 0 Å². The normalized spacial score (nSPS) is 57.6. The van der Waals surface area contributed by atoms with Gasteiger partial charge in [0, 0.05) is 23.9 Å². The first-order valence-corrected chi connectivity index (χ1v) is 9.89. The van der Waals surface area contributed by atoms with Crippen molar-refractivity contribution in [2.75, 3.05) is 19.8 Å². The maximum absolute atomic E-state index is 10.7. The highest BCUT2D eigenvalue weighted by molar-refractivity contribution is 5.17. The molecule has 4 fully saturated rings. The number of rotatable bonds is 1. The predicted octanol–water partition coefficient (Wildman–Crippen LogP) is 2.90. The van der Waals surface area contributed by atoms with Crippen LogP contribution in [0.3, 0.4) is 0 Å². The van der Waals surface area contributed by atoms with E-state index in [9.17, 15) is 10.2 Å². The van der Waals surface area contributed by atoms with Crippen molar-refractivity contribution in [1.29, 1.82) is 0 Å². The largest absolute Gasteiger partial charge is 0.396 e. The van der Waals surface area contributed by atoms with Gasteiger partial charge in [-0.25, -0.2) is 0 Å². The molecule has 4 nitrogen and oxygen atoms in total. The Morgan fingerprint density at radius 2 is 1.83 bits per heavy atom. The van der Waals surface area contributed by atoms with Crippen molar-refractivity contribution in [3.63, 3.8) is 0 Å². The summed E-state index contributed by atoms with van der Waals surface area (Å²) in [6.07, 6.45) is 6.78. The Bertz CT molecular complexity index is 502. The molecule has 0 aromatic heterocycles. The highest BCUT2D eigenvalue weighted by Crippen LogP contribution is 2.68. The molecule has 2 saturated carbocycles. The van der Waals surface area contributed by atoms with E-state index >= 15 is 0 Å². The van der Waals surface area contributed by atoms with Crippen LogP contribution in [0.25, 0.3) is 0 Å². The summed E-state index contributed by atoms with van der Waals surface area (Å²) < 4.78 is 12.7. The van der Waals surface area contributed by atoms with Crippen LogP contribution in [0.15, 0.2) is 0 Å². The van der Waals surface area contributed by atoms with E-state index in [4.69, 9.17) is 9.47 Å². The molecular weight excluding hydrogens is 304 g/mol. The van der Waals surface area contributed by atoms with Gasteiger partial charge in [0.05, 0.1) is 30.5 Å². The molecule has 2 aliphatic heterocycles. The molecule has 0 amide bonds. The van der Waals surface area contributed by atoms with Gasteiger partial charge in [-0.1, -0.05) is 20.8 Å². The fourth-order valence-corrected chi connectivity index (χ4v) is 7.00. The Hall–Kier alpha value is -0.160. The molecule has 0 aromatic rings. The van der Waals surface area contributed by atoms with E-state index in [1.165, 1.54) is 0 Å². The van der Waals surface area contributed by atoms with E-state index in [1.54, 1.807) is 0 Å². The van der Waals surface area contributed by atoms with Gasteiger partial charge in [0.15, 0.2) is 0 Å². The van der Waals surface area contributed by atoms with Gasteiger partial charge < -0.3 is 19.7 Å². The minimum Gasteiger partial charge on any atom is -0.396 e. The first kappa shape index (κ1) is 17.3. The Balaban J connectivity index is 1.74. The fourth-order valence-electron chi connectivity index (χ4n) is 7.00. The van der Waals surface area contributed by atoms with E-state index in [1.807, 2.05) is 0 Å². The van der Waals surface area contributed by atoms with Crippen LogP contribution in [0.2, 0.25) is 0 Å². The molecule has 2 N–H and O–H groups in total. The van der Waals surface area contributed by atoms with Crippen molar-refractivity contribution in [2.45, 2.75) is 83.0 Å². The third-order valence-corrected chi connectivity index (χ3v) is 8.67. The maximum Gasteiger partial charge on any atom is 0.0945 e. The van der Waals surface area contributed by atoms with Gasteiger partial charge in [0.1, 0.15) is 0 Å². The Labute approximate surface area is 145 Å². The lowest BCUT2D eigenvalue weighted by atomic mass is 9.43. The lowest BCUT2D eigenvalue weighted by Crippen LogP contribution is -2.66. The second-order valence-electron chi connectivity index (χ2n) is 9.64. The van der Waals surface area contributed by atoms with Crippen LogP contribution in [0, 0.1) is 22.7 Å². The number of fused-ring (bicyclic) bond motifs is 2. The van der Waals surface area contributed by atoms with Crippen molar-refractivity contribution in [2.24, 2.45) is 22.7 Å². The lowest BCUT2D eigenvalue weighted by Gasteiger charge is -2.65. The summed E-state index contributed by atoms with van der Waals surface area (Å²) in [4.78, 5) is 0. The number of aliphatic hydroxyl groups excluding tert-OH is 2. The highest BCUT2D eigenvalue weighted by Gasteiger charge is 2.69. The molecule has 0 unspecified atom stereocenters. The van der Waals surface area contributed by atoms with Crippen molar-refractivity contribution >= 4 is 0 Å². The summed E-state index contributed by atoms with van der Waals surface area (Å²) in [7, 11) is 0. The molecular formula is C20H34O4. The Morgan fingerprint density at radius 1 is 1.04 bits per heavy atom. The van der Waals surface area contributed by atoms with E-state index in [0.29, 0.717) is 11.8 Å². The second-order valence-corrected chi connectivity index (χ2v) is 9.64. The van der Waals surface area contributed by atoms with Crippen LogP contribution in [-0.4, -0.2) is 47.3 Å². The molecule has 4 rings (SSSR count). The number of aliphatic hydroxyl groups is 2. The third kappa shape index (κ3) is 2.00. The molecule has 24 heavy (non-hydrogen) atoms. The quantitative estimate of drug-likeness (QED) is 0.772. The molecule has 0 bridgehead atoms. The minimum absolute atomic E-state index is 0.0213. The molecule has 2 spiro atoms. The number of hydrogen-bond acceptors (Lipinski definition) is 4. The molecule has 4 aliphatic rings. The van der Waals surface area contributed by atoms with E-state index < -0.39 is 11.5 Å². The SMILES string of the molecule is C[C@@H]1CC[C@@H]2[C@](C)(CO)[C@H](O)CC[C@]2(C)[C@]12CC[C@]1(CCOC1)O2. The van der Waals surface area contributed by atoms with Gasteiger partial charge in [-0.05, 0) is 50.4 Å². The zero-order valence-electron chi connectivity index (χ0n) is 15.5. The molecule has 7 atom stereocenters. The fraction of sp³-hybridized carbons (Fsp3) is 1.00. The summed E-state index contributed by atoms with van der Waals surface area (Å²) in [5.41, 5.74) is -0.593. The number of ether oxygens (including phenoxy) is 2. The first-order chi connectivity index (χ1) is 11.3. The molecule has 2 heterocycles. The van der Waals surface area contributed by atoms with Crippen molar-refractivity contribution in [3.05, 3.63) is 0 Å². The summed E-state index contributed by atoms with van der Waals surface area (Å²) in [5.74, 6) is 0.837. The smallest absolute Gasteiger partial charge is 0.0945 e. The molecule has 0 aromatic carbocycles. The van der Waals surface area contributed by atoms with Gasteiger partial charge in [-0.2, -0.15) is 0 Å². The summed E-state index contributed by atoms with van der Waals surface area (Å²) in [6, 6.07) is 0. The lowest BCUT2D eigenvalue weighted by molar-refractivity contribution is -0.266. The Kier molecular flexibility index (Phi) is 3.90.